The van der Waals surface area contributed by atoms with Crippen molar-refractivity contribution in [2.24, 2.45) is 0 Å². The standard InChI is InChI=1S/C16H14BrClN2O3/c1-9-6-10(17)2-4-13(9)20-15(22)8-19-16(23)12-7-11(18)3-5-14(12)21/h2-7,21H,8H2,1H3,(H,19,23)(H,20,22). The Bertz CT molecular complexity index is 765. The van der Waals surface area contributed by atoms with Gasteiger partial charge < -0.3 is 15.7 Å². The van der Waals surface area contributed by atoms with E-state index in [1.165, 1.54) is 18.2 Å². The van der Waals surface area contributed by atoms with Gasteiger partial charge in [-0.1, -0.05) is 27.5 Å². The monoisotopic (exact) mass is 396 g/mol. The maximum Gasteiger partial charge on any atom is 0.255 e. The van der Waals surface area contributed by atoms with Gasteiger partial charge in [-0.3, -0.25) is 9.59 Å². The van der Waals surface area contributed by atoms with Crippen LogP contribution in [0.4, 0.5) is 5.69 Å². The molecule has 0 atom stereocenters. The van der Waals surface area contributed by atoms with E-state index in [0.717, 1.165) is 10.0 Å². The SMILES string of the molecule is Cc1cc(Br)ccc1NC(=O)CNC(=O)c1cc(Cl)ccc1O. The van der Waals surface area contributed by atoms with Crippen LogP contribution in [0.3, 0.4) is 0 Å². The van der Waals surface area contributed by atoms with Gasteiger partial charge in [-0.15, -0.1) is 0 Å². The molecule has 3 N–H and O–H groups in total. The molecule has 2 rings (SSSR count). The highest BCUT2D eigenvalue weighted by Gasteiger charge is 2.13. The maximum atomic E-state index is 12.0. The van der Waals surface area contributed by atoms with Crippen molar-refractivity contribution in [1.29, 1.82) is 0 Å². The van der Waals surface area contributed by atoms with E-state index < -0.39 is 5.91 Å². The summed E-state index contributed by atoms with van der Waals surface area (Å²) in [6, 6.07) is 9.58. The number of phenolic OH excluding ortho intramolecular Hbond substituents is 1. The van der Waals surface area contributed by atoms with Crippen molar-refractivity contribution in [2.75, 3.05) is 11.9 Å². The zero-order chi connectivity index (χ0) is 17.0. The van der Waals surface area contributed by atoms with Crippen LogP contribution >= 0.6 is 27.5 Å². The summed E-state index contributed by atoms with van der Waals surface area (Å²) in [6.45, 7) is 1.64. The smallest absolute Gasteiger partial charge is 0.255 e. The van der Waals surface area contributed by atoms with Crippen molar-refractivity contribution < 1.29 is 14.7 Å². The van der Waals surface area contributed by atoms with Gasteiger partial charge in [-0.25, -0.2) is 0 Å². The summed E-state index contributed by atoms with van der Waals surface area (Å²) in [4.78, 5) is 23.9. The summed E-state index contributed by atoms with van der Waals surface area (Å²) >= 11 is 9.13. The average Bonchev–Trinajstić information content (AvgIpc) is 2.50. The van der Waals surface area contributed by atoms with Gasteiger partial charge in [0.2, 0.25) is 5.91 Å². The summed E-state index contributed by atoms with van der Waals surface area (Å²) in [5, 5.41) is 15.1. The number of nitrogens with one attached hydrogen (secondary N) is 2. The molecule has 5 nitrogen and oxygen atoms in total. The maximum absolute atomic E-state index is 12.0. The Labute approximate surface area is 146 Å². The van der Waals surface area contributed by atoms with Gasteiger partial charge in [-0.05, 0) is 48.9 Å². The molecule has 0 heterocycles. The number of amides is 2. The molecule has 120 valence electrons. The van der Waals surface area contributed by atoms with Crippen molar-refractivity contribution in [3.8, 4) is 5.75 Å². The summed E-state index contributed by atoms with van der Waals surface area (Å²) < 4.78 is 0.915. The third kappa shape index (κ3) is 4.71. The van der Waals surface area contributed by atoms with E-state index in [4.69, 9.17) is 11.6 Å². The van der Waals surface area contributed by atoms with E-state index >= 15 is 0 Å². The first-order valence-electron chi connectivity index (χ1n) is 6.69. The van der Waals surface area contributed by atoms with Crippen LogP contribution in [-0.4, -0.2) is 23.5 Å². The van der Waals surface area contributed by atoms with Crippen LogP contribution in [0.25, 0.3) is 0 Å². The van der Waals surface area contributed by atoms with Crippen molar-refractivity contribution in [3.63, 3.8) is 0 Å². The fourth-order valence-corrected chi connectivity index (χ4v) is 2.56. The third-order valence-electron chi connectivity index (χ3n) is 3.08. The molecule has 23 heavy (non-hydrogen) atoms. The molecule has 7 heteroatoms. The Morgan fingerprint density at radius 1 is 1.22 bits per heavy atom. The second-order valence-corrected chi connectivity index (χ2v) is 6.20. The fourth-order valence-electron chi connectivity index (χ4n) is 1.91. The molecule has 0 saturated heterocycles. The number of carbonyl (C=O) groups excluding carboxylic acids is 2. The zero-order valence-electron chi connectivity index (χ0n) is 12.2. The van der Waals surface area contributed by atoms with Gasteiger partial charge in [0.05, 0.1) is 12.1 Å². The minimum Gasteiger partial charge on any atom is -0.507 e. The third-order valence-corrected chi connectivity index (χ3v) is 3.80. The number of phenols is 1. The molecule has 0 unspecified atom stereocenters. The molecule has 2 aromatic carbocycles. The molecule has 2 amide bonds. The minimum atomic E-state index is -0.576. The lowest BCUT2D eigenvalue weighted by molar-refractivity contribution is -0.115. The number of hydrogen-bond donors (Lipinski definition) is 3. The van der Waals surface area contributed by atoms with Gasteiger partial charge in [0.1, 0.15) is 5.75 Å². The molecular formula is C16H14BrClN2O3. The molecular weight excluding hydrogens is 384 g/mol. The molecule has 0 bridgehead atoms. The van der Waals surface area contributed by atoms with Crippen LogP contribution in [0.1, 0.15) is 15.9 Å². The van der Waals surface area contributed by atoms with Crippen LogP contribution in [0.2, 0.25) is 5.02 Å². The number of rotatable bonds is 4. The van der Waals surface area contributed by atoms with Crippen molar-refractivity contribution in [2.45, 2.75) is 6.92 Å². The number of benzene rings is 2. The molecule has 0 saturated carbocycles. The van der Waals surface area contributed by atoms with Crippen LogP contribution in [0, 0.1) is 6.92 Å². The molecule has 0 fully saturated rings. The number of carbonyl (C=O) groups is 2. The highest BCUT2D eigenvalue weighted by molar-refractivity contribution is 9.10. The fraction of sp³-hybridized carbons (Fsp3) is 0.125. The lowest BCUT2D eigenvalue weighted by Crippen LogP contribution is -2.33. The van der Waals surface area contributed by atoms with Crippen LogP contribution in [0.5, 0.6) is 5.75 Å². The number of aryl methyl sites for hydroxylation is 1. The molecule has 2 aromatic rings. The lowest BCUT2D eigenvalue weighted by atomic mass is 10.2. The van der Waals surface area contributed by atoms with E-state index in [1.54, 1.807) is 6.07 Å². The minimum absolute atomic E-state index is 0.0186. The summed E-state index contributed by atoms with van der Waals surface area (Å²) in [6.07, 6.45) is 0. The second kappa shape index (κ2) is 7.48. The van der Waals surface area contributed by atoms with Crippen LogP contribution in [-0.2, 0) is 4.79 Å². The van der Waals surface area contributed by atoms with E-state index in [9.17, 15) is 14.7 Å². The predicted octanol–water partition coefficient (Wildman–Crippen LogP) is 3.49. The Kier molecular flexibility index (Phi) is 5.63. The van der Waals surface area contributed by atoms with Gasteiger partial charge >= 0.3 is 0 Å². The van der Waals surface area contributed by atoms with Crippen LogP contribution in [0.15, 0.2) is 40.9 Å². The summed E-state index contributed by atoms with van der Waals surface area (Å²) in [5.41, 5.74) is 1.58. The summed E-state index contributed by atoms with van der Waals surface area (Å²) in [7, 11) is 0. The molecule has 0 aliphatic rings. The van der Waals surface area contributed by atoms with E-state index in [0.29, 0.717) is 10.7 Å². The van der Waals surface area contributed by atoms with Crippen molar-refractivity contribution in [1.82, 2.24) is 5.32 Å². The Morgan fingerprint density at radius 3 is 2.65 bits per heavy atom. The first-order valence-corrected chi connectivity index (χ1v) is 7.86. The number of aromatic hydroxyl groups is 1. The van der Waals surface area contributed by atoms with E-state index in [2.05, 4.69) is 26.6 Å². The Balaban J connectivity index is 1.96. The zero-order valence-corrected chi connectivity index (χ0v) is 14.5. The largest absolute Gasteiger partial charge is 0.507 e. The van der Waals surface area contributed by atoms with Gasteiger partial charge in [0.25, 0.3) is 5.91 Å². The van der Waals surface area contributed by atoms with E-state index in [1.807, 2.05) is 19.1 Å². The second-order valence-electron chi connectivity index (χ2n) is 4.85. The predicted molar refractivity (Wildman–Crippen MR) is 93.0 cm³/mol. The first-order chi connectivity index (χ1) is 10.9. The first kappa shape index (κ1) is 17.3. The molecule has 0 aliphatic carbocycles. The topological polar surface area (TPSA) is 78.4 Å². The number of hydrogen-bond acceptors (Lipinski definition) is 3. The van der Waals surface area contributed by atoms with Crippen LogP contribution < -0.4 is 10.6 Å². The quantitative estimate of drug-likeness (QED) is 0.739. The van der Waals surface area contributed by atoms with Crippen molar-refractivity contribution in [3.05, 3.63) is 57.0 Å². The van der Waals surface area contributed by atoms with E-state index in [-0.39, 0.29) is 23.8 Å². The Morgan fingerprint density at radius 2 is 1.96 bits per heavy atom. The lowest BCUT2D eigenvalue weighted by Gasteiger charge is -2.10. The summed E-state index contributed by atoms with van der Waals surface area (Å²) in [5.74, 6) is -1.14. The van der Waals surface area contributed by atoms with Gasteiger partial charge in [0, 0.05) is 15.2 Å². The van der Waals surface area contributed by atoms with Crippen molar-refractivity contribution >= 4 is 45.0 Å². The van der Waals surface area contributed by atoms with Gasteiger partial charge in [-0.2, -0.15) is 0 Å². The highest BCUT2D eigenvalue weighted by atomic mass is 79.9. The molecule has 0 spiro atoms. The van der Waals surface area contributed by atoms with Gasteiger partial charge in [0.15, 0.2) is 0 Å². The number of anilines is 1. The number of halogens is 2. The molecule has 0 radical (unpaired) electrons. The average molecular weight is 398 g/mol. The normalized spacial score (nSPS) is 10.2. The highest BCUT2D eigenvalue weighted by Crippen LogP contribution is 2.21. The molecule has 0 aromatic heterocycles. The Hall–Kier alpha value is -2.05. The molecule has 0 aliphatic heterocycles.